The lowest BCUT2D eigenvalue weighted by molar-refractivity contribution is -0.173. The Hall–Kier alpha value is -2.21. The minimum absolute atomic E-state index is 0.0561. The van der Waals surface area contributed by atoms with Gasteiger partial charge in [0.15, 0.2) is 5.60 Å². The lowest BCUT2D eigenvalue weighted by Gasteiger charge is -2.46. The van der Waals surface area contributed by atoms with Crippen LogP contribution in [0.15, 0.2) is 73.3 Å². The Balaban J connectivity index is 2.15. The fraction of sp³-hybridized carbons (Fsp3) is 0.464. The van der Waals surface area contributed by atoms with Crippen molar-refractivity contribution in [3.63, 3.8) is 0 Å². The van der Waals surface area contributed by atoms with Crippen LogP contribution in [0.1, 0.15) is 48.0 Å². The molecule has 3 rings (SSSR count). The smallest absolute Gasteiger partial charge is 0.339 e. The molecule has 1 fully saturated rings. The van der Waals surface area contributed by atoms with Crippen LogP contribution < -0.4 is 10.4 Å². The Morgan fingerprint density at radius 1 is 1.09 bits per heavy atom. The Labute approximate surface area is 199 Å². The van der Waals surface area contributed by atoms with E-state index in [1.54, 1.807) is 19.9 Å². The van der Waals surface area contributed by atoms with Gasteiger partial charge in [-0.3, -0.25) is 0 Å². The van der Waals surface area contributed by atoms with Crippen molar-refractivity contribution in [3.05, 3.63) is 73.3 Å². The van der Waals surface area contributed by atoms with Crippen LogP contribution in [0.2, 0.25) is 5.04 Å². The maximum atomic E-state index is 13.0. The first-order valence-electron chi connectivity index (χ1n) is 11.8. The molecule has 1 N–H and O–H groups in total. The molecular weight excluding hydrogens is 428 g/mol. The third-order valence-corrected chi connectivity index (χ3v) is 11.8. The number of esters is 1. The quantitative estimate of drug-likeness (QED) is 0.372. The van der Waals surface area contributed by atoms with E-state index in [9.17, 15) is 9.90 Å². The first-order valence-corrected chi connectivity index (χ1v) is 13.7. The van der Waals surface area contributed by atoms with Crippen LogP contribution in [0.3, 0.4) is 0 Å². The average Bonchev–Trinajstić information content (AvgIpc) is 3.01. The van der Waals surface area contributed by atoms with Crippen LogP contribution in [0.4, 0.5) is 0 Å². The van der Waals surface area contributed by atoms with Crippen molar-refractivity contribution in [1.29, 1.82) is 0 Å². The van der Waals surface area contributed by atoms with Gasteiger partial charge < -0.3 is 14.3 Å². The van der Waals surface area contributed by atoms with Gasteiger partial charge in [-0.1, -0.05) is 94.4 Å². The fourth-order valence-corrected chi connectivity index (χ4v) is 10.1. The zero-order chi connectivity index (χ0) is 24.4. The summed E-state index contributed by atoms with van der Waals surface area (Å²) in [5, 5.41) is 13.7. The van der Waals surface area contributed by atoms with Crippen molar-refractivity contribution >= 4 is 24.7 Å². The minimum Gasteiger partial charge on any atom is -0.461 e. The molecule has 0 unspecified atom stereocenters. The molecule has 0 radical (unpaired) electrons. The highest BCUT2D eigenvalue weighted by atomic mass is 28.4. The van der Waals surface area contributed by atoms with E-state index in [1.165, 1.54) is 10.4 Å². The highest BCUT2D eigenvalue weighted by Gasteiger charge is 2.60. The summed E-state index contributed by atoms with van der Waals surface area (Å²) in [7, 11) is -2.85. The van der Waals surface area contributed by atoms with E-state index < -0.39 is 25.8 Å². The highest BCUT2D eigenvalue weighted by molar-refractivity contribution is 6.99. The SMILES string of the molecule is C=C[C@H]1[C@H](O[Si](c2ccccc2)(c2ccccc2)C(C)(C)C)[C@@H](C)C[C@]1(O)C(=O)OC(C)C. The van der Waals surface area contributed by atoms with E-state index in [0.717, 1.165) is 0 Å². The summed E-state index contributed by atoms with van der Waals surface area (Å²) in [5.41, 5.74) is -1.65. The van der Waals surface area contributed by atoms with Gasteiger partial charge in [-0.25, -0.2) is 4.79 Å². The van der Waals surface area contributed by atoms with Crippen molar-refractivity contribution < 1.29 is 19.1 Å². The van der Waals surface area contributed by atoms with Gasteiger partial charge in [0.1, 0.15) is 0 Å². The van der Waals surface area contributed by atoms with E-state index in [-0.39, 0.29) is 29.6 Å². The van der Waals surface area contributed by atoms with E-state index in [0.29, 0.717) is 0 Å². The van der Waals surface area contributed by atoms with E-state index >= 15 is 0 Å². The molecule has 5 heteroatoms. The molecule has 1 aliphatic rings. The molecule has 0 aromatic heterocycles. The van der Waals surface area contributed by atoms with E-state index in [2.05, 4.69) is 75.9 Å². The molecule has 0 amide bonds. The molecule has 0 saturated heterocycles. The Morgan fingerprint density at radius 2 is 1.58 bits per heavy atom. The summed E-state index contributed by atoms with van der Waals surface area (Å²) in [6, 6.07) is 20.8. The second kappa shape index (κ2) is 9.57. The number of hydrogen-bond donors (Lipinski definition) is 1. The Kier molecular flexibility index (Phi) is 7.37. The molecule has 2 aromatic rings. The zero-order valence-electron chi connectivity index (χ0n) is 20.7. The number of hydrogen-bond acceptors (Lipinski definition) is 4. The van der Waals surface area contributed by atoms with Gasteiger partial charge in [0.2, 0.25) is 0 Å². The topological polar surface area (TPSA) is 55.8 Å². The first-order chi connectivity index (χ1) is 15.5. The van der Waals surface area contributed by atoms with Crippen molar-refractivity contribution in [1.82, 2.24) is 0 Å². The van der Waals surface area contributed by atoms with Crippen molar-refractivity contribution in [2.45, 2.75) is 70.8 Å². The third kappa shape index (κ3) is 4.59. The van der Waals surface area contributed by atoms with Crippen LogP contribution in [-0.2, 0) is 14.0 Å². The van der Waals surface area contributed by atoms with Crippen LogP contribution >= 0.6 is 0 Å². The van der Waals surface area contributed by atoms with Crippen LogP contribution in [-0.4, -0.2) is 37.2 Å². The van der Waals surface area contributed by atoms with Crippen LogP contribution in [0, 0.1) is 11.8 Å². The number of carbonyl (C=O) groups is 1. The number of carbonyl (C=O) groups excluding carboxylic acids is 1. The van der Waals surface area contributed by atoms with Crippen molar-refractivity contribution in [3.8, 4) is 0 Å². The van der Waals surface area contributed by atoms with E-state index in [1.807, 2.05) is 19.1 Å². The molecule has 0 aliphatic heterocycles. The molecule has 1 saturated carbocycles. The lowest BCUT2D eigenvalue weighted by atomic mass is 9.90. The van der Waals surface area contributed by atoms with Gasteiger partial charge in [0.05, 0.1) is 12.2 Å². The second-order valence-corrected chi connectivity index (χ2v) is 14.8. The normalized spacial score (nSPS) is 25.8. The molecular formula is C28H38O4Si. The largest absolute Gasteiger partial charge is 0.461 e. The van der Waals surface area contributed by atoms with Crippen LogP contribution in [0.5, 0.6) is 0 Å². The Bertz CT molecular complexity index is 911. The van der Waals surface area contributed by atoms with Gasteiger partial charge in [-0.15, -0.1) is 6.58 Å². The predicted octanol–water partition coefficient (Wildman–Crippen LogP) is 4.46. The molecule has 0 bridgehead atoms. The summed E-state index contributed by atoms with van der Waals surface area (Å²) in [6.45, 7) is 16.3. The van der Waals surface area contributed by atoms with E-state index in [4.69, 9.17) is 9.16 Å². The molecule has 4 atom stereocenters. The maximum Gasteiger partial charge on any atom is 0.339 e. The van der Waals surface area contributed by atoms with Gasteiger partial charge in [0.25, 0.3) is 8.32 Å². The summed E-state index contributed by atoms with van der Waals surface area (Å²) in [4.78, 5) is 13.0. The minimum atomic E-state index is -2.85. The molecule has 4 nitrogen and oxygen atoms in total. The average molecular weight is 467 g/mol. The summed E-state index contributed by atoms with van der Waals surface area (Å²) >= 11 is 0. The fourth-order valence-electron chi connectivity index (χ4n) is 5.32. The number of rotatable bonds is 7. The monoisotopic (exact) mass is 466 g/mol. The molecule has 33 heavy (non-hydrogen) atoms. The zero-order valence-corrected chi connectivity index (χ0v) is 21.7. The Morgan fingerprint density at radius 3 is 1.97 bits per heavy atom. The number of aliphatic hydroxyl groups is 1. The second-order valence-electron chi connectivity index (χ2n) is 10.6. The maximum absolute atomic E-state index is 13.0. The summed E-state index contributed by atoms with van der Waals surface area (Å²) < 4.78 is 12.8. The predicted molar refractivity (Wildman–Crippen MR) is 136 cm³/mol. The van der Waals surface area contributed by atoms with Crippen molar-refractivity contribution in [2.75, 3.05) is 0 Å². The first kappa shape index (κ1) is 25.4. The molecule has 0 spiro atoms. The summed E-state index contributed by atoms with van der Waals surface area (Å²) in [6.07, 6.45) is 1.27. The van der Waals surface area contributed by atoms with Gasteiger partial charge in [-0.2, -0.15) is 0 Å². The number of benzene rings is 2. The van der Waals surface area contributed by atoms with Crippen LogP contribution in [0.25, 0.3) is 0 Å². The van der Waals surface area contributed by atoms with Crippen molar-refractivity contribution in [2.24, 2.45) is 11.8 Å². The number of ether oxygens (including phenoxy) is 1. The molecule has 2 aromatic carbocycles. The highest BCUT2D eigenvalue weighted by Crippen LogP contribution is 2.47. The molecule has 1 aliphatic carbocycles. The van der Waals surface area contributed by atoms with Gasteiger partial charge in [0, 0.05) is 5.92 Å². The third-order valence-electron chi connectivity index (χ3n) is 6.78. The van der Waals surface area contributed by atoms with Gasteiger partial charge >= 0.3 is 5.97 Å². The molecule has 178 valence electrons. The van der Waals surface area contributed by atoms with Gasteiger partial charge in [-0.05, 0) is 41.6 Å². The lowest BCUT2D eigenvalue weighted by Crippen LogP contribution is -2.68. The summed E-state index contributed by atoms with van der Waals surface area (Å²) in [5.74, 6) is -1.22. The molecule has 0 heterocycles. The standard InChI is InChI=1S/C28H38O4Si/c1-8-24-25(21(4)19-28(24,30)26(29)31-20(2)3)32-33(27(5,6)7,22-15-11-9-12-16-22)23-17-13-10-14-18-23/h8-18,20-21,24-25,30H,1,19H2,2-7H3/t21-,24-,25+,28+/m0/s1.